The third kappa shape index (κ3) is 4.31. The van der Waals surface area contributed by atoms with Gasteiger partial charge in [0.1, 0.15) is 0 Å². The molecule has 0 N–H and O–H groups in total. The first-order chi connectivity index (χ1) is 25.8. The van der Waals surface area contributed by atoms with Gasteiger partial charge in [-0.3, -0.25) is 0 Å². The van der Waals surface area contributed by atoms with E-state index >= 15 is 0 Å². The monoisotopic (exact) mass is 660 g/mol. The van der Waals surface area contributed by atoms with E-state index in [4.69, 9.17) is 0 Å². The lowest BCUT2D eigenvalue weighted by Gasteiger charge is -2.11. The summed E-state index contributed by atoms with van der Waals surface area (Å²) in [5.41, 5.74) is 12.0. The van der Waals surface area contributed by atoms with Crippen LogP contribution in [0.25, 0.3) is 98.8 Å². The molecular weight excluding hydrogens is 629 g/mol. The molecule has 2 aromatic heterocycles. The summed E-state index contributed by atoms with van der Waals surface area (Å²) in [6.45, 7) is 0. The maximum atomic E-state index is 2.44. The molecule has 0 aliphatic carbocycles. The highest BCUT2D eigenvalue weighted by atomic mass is 15.0. The third-order valence-electron chi connectivity index (χ3n) is 10.9. The zero-order valence-electron chi connectivity index (χ0n) is 28.4. The highest BCUT2D eigenvalue weighted by Gasteiger charge is 2.18. The second-order valence-corrected chi connectivity index (χ2v) is 13.7. The van der Waals surface area contributed by atoms with E-state index in [1.54, 1.807) is 0 Å². The van der Waals surface area contributed by atoms with Crippen molar-refractivity contribution in [1.82, 2.24) is 9.13 Å². The average molecular weight is 661 g/mol. The Balaban J connectivity index is 1.04. The van der Waals surface area contributed by atoms with Crippen LogP contribution in [0.5, 0.6) is 0 Å². The predicted octanol–water partition coefficient (Wildman–Crippen LogP) is 13.5. The minimum atomic E-state index is 1.16. The topological polar surface area (TPSA) is 9.86 Å². The molecule has 242 valence electrons. The second kappa shape index (κ2) is 11.3. The molecule has 0 aliphatic heterocycles. The molecule has 0 saturated carbocycles. The van der Waals surface area contributed by atoms with Crippen molar-refractivity contribution in [3.8, 4) is 33.6 Å². The van der Waals surface area contributed by atoms with Crippen molar-refractivity contribution < 1.29 is 0 Å². The summed E-state index contributed by atoms with van der Waals surface area (Å²) in [7, 11) is 0. The van der Waals surface area contributed by atoms with Crippen molar-refractivity contribution in [2.24, 2.45) is 0 Å². The Labute approximate surface area is 301 Å². The first-order valence-corrected chi connectivity index (χ1v) is 17.9. The fraction of sp³-hybridized carbons (Fsp3) is 0. The van der Waals surface area contributed by atoms with Gasteiger partial charge in [0.15, 0.2) is 0 Å². The van der Waals surface area contributed by atoms with Gasteiger partial charge in [-0.05, 0) is 98.4 Å². The van der Waals surface area contributed by atoms with Crippen LogP contribution < -0.4 is 0 Å². The molecule has 0 amide bonds. The zero-order chi connectivity index (χ0) is 34.2. The molecular formula is C50H32N2. The molecule has 2 nitrogen and oxygen atoms in total. The van der Waals surface area contributed by atoms with Gasteiger partial charge in [-0.15, -0.1) is 0 Å². The van der Waals surface area contributed by atoms with E-state index in [1.165, 1.54) is 87.4 Å². The zero-order valence-corrected chi connectivity index (χ0v) is 28.4. The van der Waals surface area contributed by atoms with Crippen LogP contribution in [0.3, 0.4) is 0 Å². The molecule has 2 heterocycles. The summed E-state index contributed by atoms with van der Waals surface area (Å²) in [5, 5.41) is 10.2. The van der Waals surface area contributed by atoms with Gasteiger partial charge in [0.2, 0.25) is 0 Å². The lowest BCUT2D eigenvalue weighted by Crippen LogP contribution is -1.94. The molecule has 11 rings (SSSR count). The summed E-state index contributed by atoms with van der Waals surface area (Å²) >= 11 is 0. The predicted molar refractivity (Wildman–Crippen MR) is 221 cm³/mol. The van der Waals surface area contributed by atoms with Crippen LogP contribution in [-0.4, -0.2) is 9.13 Å². The van der Waals surface area contributed by atoms with E-state index in [2.05, 4.69) is 203 Å². The van der Waals surface area contributed by atoms with Crippen LogP contribution in [0.15, 0.2) is 194 Å². The van der Waals surface area contributed by atoms with Crippen LogP contribution in [0, 0.1) is 0 Å². The third-order valence-corrected chi connectivity index (χ3v) is 10.9. The number of nitrogens with zero attached hydrogens (tertiary/aromatic N) is 2. The Morgan fingerprint density at radius 2 is 0.673 bits per heavy atom. The molecule has 0 saturated heterocycles. The molecule has 11 aromatic rings. The smallest absolute Gasteiger partial charge is 0.0547 e. The summed E-state index contributed by atoms with van der Waals surface area (Å²) < 4.78 is 4.83. The molecule has 0 bridgehead atoms. The fourth-order valence-electron chi connectivity index (χ4n) is 8.49. The number of benzene rings is 9. The SMILES string of the molecule is c1ccc(-c2ccc(-n3c4ccccc4c4cc(-c5ccc(-n6c7ccc8ccccc8c7c7c8ccccc8ccc76)cc5)ccc43)cc2)cc1. The molecule has 2 heteroatoms. The van der Waals surface area contributed by atoms with Crippen LogP contribution >= 0.6 is 0 Å². The Hall–Kier alpha value is -6.90. The highest BCUT2D eigenvalue weighted by Crippen LogP contribution is 2.41. The minimum Gasteiger partial charge on any atom is -0.309 e. The van der Waals surface area contributed by atoms with Crippen molar-refractivity contribution in [3.63, 3.8) is 0 Å². The Bertz CT molecular complexity index is 3050. The Morgan fingerprint density at radius 1 is 0.250 bits per heavy atom. The molecule has 0 fully saturated rings. The van der Waals surface area contributed by atoms with Gasteiger partial charge in [0.25, 0.3) is 0 Å². The number of rotatable bonds is 4. The number of para-hydroxylation sites is 1. The van der Waals surface area contributed by atoms with Gasteiger partial charge in [-0.25, -0.2) is 0 Å². The van der Waals surface area contributed by atoms with Crippen molar-refractivity contribution in [2.75, 3.05) is 0 Å². The molecule has 0 unspecified atom stereocenters. The van der Waals surface area contributed by atoms with Gasteiger partial charge in [-0.1, -0.05) is 140 Å². The Kier molecular flexibility index (Phi) is 6.28. The normalized spacial score (nSPS) is 11.8. The minimum absolute atomic E-state index is 1.16. The summed E-state index contributed by atoms with van der Waals surface area (Å²) in [6.07, 6.45) is 0. The summed E-state index contributed by atoms with van der Waals surface area (Å²) in [5.74, 6) is 0. The van der Waals surface area contributed by atoms with Crippen molar-refractivity contribution >= 4 is 65.2 Å². The van der Waals surface area contributed by atoms with E-state index < -0.39 is 0 Å². The molecule has 0 atom stereocenters. The molecule has 0 spiro atoms. The number of hydrogen-bond acceptors (Lipinski definition) is 0. The summed E-state index contributed by atoms with van der Waals surface area (Å²) in [6, 6.07) is 70.9. The second-order valence-electron chi connectivity index (χ2n) is 13.7. The van der Waals surface area contributed by atoms with Crippen molar-refractivity contribution in [2.45, 2.75) is 0 Å². The lowest BCUT2D eigenvalue weighted by atomic mass is 10.00. The maximum absolute atomic E-state index is 2.44. The number of hydrogen-bond donors (Lipinski definition) is 0. The van der Waals surface area contributed by atoms with Crippen LogP contribution in [0.4, 0.5) is 0 Å². The number of aromatic nitrogens is 2. The standard InChI is InChI=1S/C50H32N2/c1-2-10-33(11-3-1)34-18-25-39(26-19-34)51-45-17-9-8-16-43(45)44-32-38(24-29-46(44)51)35-20-27-40(28-21-35)52-47-30-22-36-12-4-6-14-41(36)49(47)50-42-15-7-5-13-37(42)23-31-48(50)52/h1-32H. The highest BCUT2D eigenvalue weighted by molar-refractivity contribution is 6.28. The lowest BCUT2D eigenvalue weighted by molar-refractivity contribution is 1.18. The van der Waals surface area contributed by atoms with Gasteiger partial charge in [-0.2, -0.15) is 0 Å². The van der Waals surface area contributed by atoms with Crippen LogP contribution in [0.2, 0.25) is 0 Å². The van der Waals surface area contributed by atoms with E-state index in [0.717, 1.165) is 11.4 Å². The van der Waals surface area contributed by atoms with E-state index in [1.807, 2.05) is 0 Å². The van der Waals surface area contributed by atoms with Gasteiger partial charge in [0, 0.05) is 32.9 Å². The number of fused-ring (bicyclic) bond motifs is 10. The van der Waals surface area contributed by atoms with Crippen LogP contribution in [-0.2, 0) is 0 Å². The van der Waals surface area contributed by atoms with E-state index in [0.29, 0.717) is 0 Å². The first-order valence-electron chi connectivity index (χ1n) is 17.9. The fourth-order valence-corrected chi connectivity index (χ4v) is 8.49. The van der Waals surface area contributed by atoms with E-state index in [9.17, 15) is 0 Å². The largest absolute Gasteiger partial charge is 0.309 e. The molecule has 0 aliphatic rings. The van der Waals surface area contributed by atoms with E-state index in [-0.39, 0.29) is 0 Å². The average Bonchev–Trinajstić information content (AvgIpc) is 3.74. The van der Waals surface area contributed by atoms with Crippen molar-refractivity contribution in [1.29, 1.82) is 0 Å². The Morgan fingerprint density at radius 3 is 1.29 bits per heavy atom. The molecule has 9 aromatic carbocycles. The summed E-state index contributed by atoms with van der Waals surface area (Å²) in [4.78, 5) is 0. The molecule has 52 heavy (non-hydrogen) atoms. The van der Waals surface area contributed by atoms with Crippen LogP contribution in [0.1, 0.15) is 0 Å². The molecule has 0 radical (unpaired) electrons. The van der Waals surface area contributed by atoms with Gasteiger partial charge in [0.05, 0.1) is 22.1 Å². The maximum Gasteiger partial charge on any atom is 0.0547 e. The quantitative estimate of drug-likeness (QED) is 0.178. The first kappa shape index (κ1) is 28.9. The van der Waals surface area contributed by atoms with Gasteiger partial charge < -0.3 is 9.13 Å². The van der Waals surface area contributed by atoms with Gasteiger partial charge >= 0.3 is 0 Å². The van der Waals surface area contributed by atoms with Crippen molar-refractivity contribution in [3.05, 3.63) is 194 Å².